The molecule has 1 aliphatic rings. The highest BCUT2D eigenvalue weighted by atomic mass is 16.3. The highest BCUT2D eigenvalue weighted by Gasteiger charge is 2.46. The van der Waals surface area contributed by atoms with Gasteiger partial charge in [-0.1, -0.05) is 96.6 Å². The van der Waals surface area contributed by atoms with E-state index in [1.54, 1.807) is 0 Å². The number of hydrogen-bond acceptors (Lipinski definition) is 1. The van der Waals surface area contributed by atoms with Crippen LogP contribution in [0.25, 0.3) is 0 Å². The first-order valence-corrected chi connectivity index (χ1v) is 10.2. The van der Waals surface area contributed by atoms with E-state index in [4.69, 9.17) is 0 Å². The van der Waals surface area contributed by atoms with Gasteiger partial charge in [0, 0.05) is 11.3 Å². The first kappa shape index (κ1) is 17.8. The van der Waals surface area contributed by atoms with E-state index in [1.807, 2.05) is 12.1 Å². The van der Waals surface area contributed by atoms with Gasteiger partial charge < -0.3 is 5.11 Å². The Balaban J connectivity index is 1.79. The Morgan fingerprint density at radius 2 is 1.28 bits per heavy atom. The molecule has 0 aliphatic heterocycles. The molecule has 0 fully saturated rings. The van der Waals surface area contributed by atoms with E-state index in [0.717, 1.165) is 6.42 Å². The van der Waals surface area contributed by atoms with Gasteiger partial charge in [-0.25, -0.2) is 0 Å². The maximum absolute atomic E-state index is 9.92. The smallest absolute Gasteiger partial charge is 0.115 e. The lowest BCUT2D eigenvalue weighted by Crippen LogP contribution is -2.26. The van der Waals surface area contributed by atoms with Crippen molar-refractivity contribution >= 4 is 0 Å². The predicted molar refractivity (Wildman–Crippen MR) is 119 cm³/mol. The first-order valence-electron chi connectivity index (χ1n) is 10.2. The normalized spacial score (nSPS) is 20.4. The third kappa shape index (κ3) is 2.86. The maximum atomic E-state index is 9.92. The zero-order chi connectivity index (χ0) is 19.8. The molecule has 4 aromatic carbocycles. The van der Waals surface area contributed by atoms with Gasteiger partial charge in [0.25, 0.3) is 0 Å². The van der Waals surface area contributed by atoms with Crippen LogP contribution in [0.15, 0.2) is 103 Å². The highest BCUT2D eigenvalue weighted by molar-refractivity contribution is 5.60. The van der Waals surface area contributed by atoms with Crippen molar-refractivity contribution in [1.82, 2.24) is 0 Å². The molecule has 2 unspecified atom stereocenters. The minimum atomic E-state index is -0.238. The van der Waals surface area contributed by atoms with Gasteiger partial charge in [0.05, 0.1) is 0 Å². The zero-order valence-corrected chi connectivity index (χ0v) is 16.5. The zero-order valence-electron chi connectivity index (χ0n) is 16.5. The standard InChI is InChI=1S/C28H24O/c1-20-11-13-22(14-12-20)28(23-15-17-24(29)18-16-23)19-26(21-7-3-2-4-8-21)25-9-5-6-10-27(25)28/h2-18,26,29H,19H2,1H3. The number of aromatic hydroxyl groups is 1. The number of phenolic OH excluding ortho intramolecular Hbond substituents is 1. The topological polar surface area (TPSA) is 20.2 Å². The lowest BCUT2D eigenvalue weighted by Gasteiger charge is -2.33. The van der Waals surface area contributed by atoms with Gasteiger partial charge >= 0.3 is 0 Å². The largest absolute Gasteiger partial charge is 0.508 e. The number of benzene rings is 4. The van der Waals surface area contributed by atoms with Crippen LogP contribution in [0.4, 0.5) is 0 Å². The SMILES string of the molecule is Cc1ccc(C2(c3ccc(O)cc3)CC(c3ccccc3)c3ccccc32)cc1. The van der Waals surface area contributed by atoms with Gasteiger partial charge in [0.2, 0.25) is 0 Å². The monoisotopic (exact) mass is 376 g/mol. The van der Waals surface area contributed by atoms with Gasteiger partial charge in [-0.05, 0) is 53.3 Å². The Morgan fingerprint density at radius 3 is 1.97 bits per heavy atom. The number of rotatable bonds is 3. The fourth-order valence-electron chi connectivity index (χ4n) is 5.00. The quantitative estimate of drug-likeness (QED) is 0.429. The van der Waals surface area contributed by atoms with Crippen LogP contribution < -0.4 is 0 Å². The first-order chi connectivity index (χ1) is 14.2. The van der Waals surface area contributed by atoms with Crippen LogP contribution in [0, 0.1) is 6.92 Å². The van der Waals surface area contributed by atoms with E-state index in [9.17, 15) is 5.11 Å². The van der Waals surface area contributed by atoms with Crippen LogP contribution >= 0.6 is 0 Å². The third-order valence-electron chi connectivity index (χ3n) is 6.41. The molecule has 0 aromatic heterocycles. The van der Waals surface area contributed by atoms with Crippen LogP contribution in [0.1, 0.15) is 45.7 Å². The molecular formula is C28H24O. The van der Waals surface area contributed by atoms with Gasteiger partial charge in [0.15, 0.2) is 0 Å². The fraction of sp³-hybridized carbons (Fsp3) is 0.143. The molecule has 0 saturated heterocycles. The van der Waals surface area contributed by atoms with E-state index in [0.29, 0.717) is 11.7 Å². The number of phenols is 1. The molecule has 5 rings (SSSR count). The molecule has 2 atom stereocenters. The molecule has 142 valence electrons. The molecule has 0 heterocycles. The molecule has 1 nitrogen and oxygen atoms in total. The molecule has 0 saturated carbocycles. The van der Waals surface area contributed by atoms with Crippen molar-refractivity contribution in [3.63, 3.8) is 0 Å². The van der Waals surface area contributed by atoms with Crippen molar-refractivity contribution in [3.8, 4) is 5.75 Å². The Hall–Kier alpha value is -3.32. The summed E-state index contributed by atoms with van der Waals surface area (Å²) in [4.78, 5) is 0. The van der Waals surface area contributed by atoms with Crippen LogP contribution in [0.2, 0.25) is 0 Å². The molecule has 0 amide bonds. The van der Waals surface area contributed by atoms with Crippen molar-refractivity contribution in [2.24, 2.45) is 0 Å². The van der Waals surface area contributed by atoms with Gasteiger partial charge in [-0.2, -0.15) is 0 Å². The molecule has 1 N–H and O–H groups in total. The van der Waals surface area contributed by atoms with Crippen LogP contribution in [-0.2, 0) is 5.41 Å². The molecule has 1 heteroatoms. The van der Waals surface area contributed by atoms with Gasteiger partial charge in [0.1, 0.15) is 5.75 Å². The molecule has 1 aliphatic carbocycles. The minimum absolute atomic E-state index is 0.238. The van der Waals surface area contributed by atoms with Crippen LogP contribution in [-0.4, -0.2) is 5.11 Å². The van der Waals surface area contributed by atoms with Crippen molar-refractivity contribution < 1.29 is 5.11 Å². The van der Waals surface area contributed by atoms with Gasteiger partial charge in [-0.15, -0.1) is 0 Å². The molecule has 4 aromatic rings. The molecule has 0 radical (unpaired) electrons. The second-order valence-corrected chi connectivity index (χ2v) is 8.07. The Morgan fingerprint density at radius 1 is 0.690 bits per heavy atom. The second-order valence-electron chi connectivity index (χ2n) is 8.07. The summed E-state index contributed by atoms with van der Waals surface area (Å²) in [5, 5.41) is 9.92. The summed E-state index contributed by atoms with van der Waals surface area (Å²) in [5.74, 6) is 0.640. The second kappa shape index (κ2) is 6.93. The average Bonchev–Trinajstić information content (AvgIpc) is 3.12. The van der Waals surface area contributed by atoms with E-state index in [2.05, 4.69) is 97.9 Å². The van der Waals surface area contributed by atoms with Crippen LogP contribution in [0.3, 0.4) is 0 Å². The number of aryl methyl sites for hydroxylation is 1. The summed E-state index contributed by atoms with van der Waals surface area (Å²) in [6.07, 6.45) is 0.976. The average molecular weight is 376 g/mol. The summed E-state index contributed by atoms with van der Waals surface area (Å²) in [7, 11) is 0. The highest BCUT2D eigenvalue weighted by Crippen LogP contribution is 2.55. The lowest BCUT2D eigenvalue weighted by atomic mass is 9.69. The third-order valence-corrected chi connectivity index (χ3v) is 6.41. The van der Waals surface area contributed by atoms with E-state index < -0.39 is 0 Å². The van der Waals surface area contributed by atoms with E-state index in [-0.39, 0.29) is 5.41 Å². The van der Waals surface area contributed by atoms with Crippen molar-refractivity contribution in [1.29, 1.82) is 0 Å². The predicted octanol–water partition coefficient (Wildman–Crippen LogP) is 6.57. The lowest BCUT2D eigenvalue weighted by molar-refractivity contribution is 0.474. The van der Waals surface area contributed by atoms with Gasteiger partial charge in [-0.3, -0.25) is 0 Å². The van der Waals surface area contributed by atoms with Crippen LogP contribution in [0.5, 0.6) is 5.75 Å². The van der Waals surface area contributed by atoms with Crippen molar-refractivity contribution in [2.75, 3.05) is 0 Å². The molecule has 0 spiro atoms. The Bertz CT molecular complexity index is 1080. The summed E-state index contributed by atoms with van der Waals surface area (Å²) >= 11 is 0. The summed E-state index contributed by atoms with van der Waals surface area (Å²) in [5.41, 5.74) is 7.67. The minimum Gasteiger partial charge on any atom is -0.508 e. The van der Waals surface area contributed by atoms with E-state index >= 15 is 0 Å². The summed E-state index contributed by atoms with van der Waals surface area (Å²) in [6, 6.07) is 36.4. The Labute approximate surface area is 172 Å². The van der Waals surface area contributed by atoms with E-state index in [1.165, 1.54) is 33.4 Å². The number of hydrogen-bond donors (Lipinski definition) is 1. The maximum Gasteiger partial charge on any atom is 0.115 e. The Kier molecular flexibility index (Phi) is 4.24. The summed E-state index contributed by atoms with van der Waals surface area (Å²) < 4.78 is 0. The molecule has 29 heavy (non-hydrogen) atoms. The fourth-order valence-corrected chi connectivity index (χ4v) is 5.00. The van der Waals surface area contributed by atoms with Crippen molar-refractivity contribution in [2.45, 2.75) is 24.7 Å². The molecular weight excluding hydrogens is 352 g/mol. The molecule has 0 bridgehead atoms. The summed E-state index contributed by atoms with van der Waals surface area (Å²) in [6.45, 7) is 2.13. The number of fused-ring (bicyclic) bond motifs is 1. The van der Waals surface area contributed by atoms with Crippen molar-refractivity contribution in [3.05, 3.63) is 137 Å².